The number of thiazole rings is 1. The zero-order chi connectivity index (χ0) is 22.5. The van der Waals surface area contributed by atoms with E-state index in [9.17, 15) is 4.79 Å². The Morgan fingerprint density at radius 1 is 0.938 bits per heavy atom. The van der Waals surface area contributed by atoms with Crippen molar-refractivity contribution in [3.8, 4) is 23.0 Å². The fourth-order valence-electron chi connectivity index (χ4n) is 3.14. The number of ether oxygens (including phenoxy) is 4. The number of carbonyl (C=O) groups excluding carboxylic acids is 1. The maximum atomic E-state index is 13.6. The highest BCUT2D eigenvalue weighted by Crippen LogP contribution is 2.39. The third-order valence-electron chi connectivity index (χ3n) is 4.75. The summed E-state index contributed by atoms with van der Waals surface area (Å²) in [4.78, 5) is 22.0. The lowest BCUT2D eigenvalue weighted by Crippen LogP contribution is -2.36. The van der Waals surface area contributed by atoms with E-state index in [1.807, 2.05) is 37.2 Å². The predicted octanol–water partition coefficient (Wildman–Crippen LogP) is 3.96. The zero-order valence-electron chi connectivity index (χ0n) is 19.0. The lowest BCUT2D eigenvalue weighted by molar-refractivity contribution is 0.0984. The smallest absolute Gasteiger partial charge is 0.260 e. The first-order valence-corrected chi connectivity index (χ1v) is 10.4. The second-order valence-electron chi connectivity index (χ2n) is 6.98. The highest BCUT2D eigenvalue weighted by atomic mass is 35.5. The van der Waals surface area contributed by atoms with Gasteiger partial charge in [-0.2, -0.15) is 0 Å². The van der Waals surface area contributed by atoms with Gasteiger partial charge in [-0.15, -0.1) is 12.4 Å². The van der Waals surface area contributed by atoms with Crippen molar-refractivity contribution in [1.29, 1.82) is 0 Å². The van der Waals surface area contributed by atoms with Crippen LogP contribution in [0.2, 0.25) is 0 Å². The second kappa shape index (κ2) is 11.2. The van der Waals surface area contributed by atoms with Gasteiger partial charge >= 0.3 is 0 Å². The zero-order valence-corrected chi connectivity index (χ0v) is 20.6. The molecule has 0 saturated carbocycles. The van der Waals surface area contributed by atoms with Crippen molar-refractivity contribution in [1.82, 2.24) is 9.88 Å². The average Bonchev–Trinajstić information content (AvgIpc) is 3.21. The van der Waals surface area contributed by atoms with Crippen LogP contribution in [0.25, 0.3) is 10.2 Å². The van der Waals surface area contributed by atoms with Gasteiger partial charge in [0.05, 0.1) is 33.1 Å². The van der Waals surface area contributed by atoms with Crippen LogP contribution in [0.5, 0.6) is 23.0 Å². The molecule has 174 valence electrons. The van der Waals surface area contributed by atoms with Gasteiger partial charge in [-0.25, -0.2) is 4.98 Å². The van der Waals surface area contributed by atoms with Crippen LogP contribution >= 0.6 is 23.7 Å². The van der Waals surface area contributed by atoms with Crippen LogP contribution in [-0.4, -0.2) is 71.4 Å². The van der Waals surface area contributed by atoms with Crippen LogP contribution in [0.3, 0.4) is 0 Å². The van der Waals surface area contributed by atoms with Gasteiger partial charge in [0, 0.05) is 18.7 Å². The topological polar surface area (TPSA) is 73.4 Å². The lowest BCUT2D eigenvalue weighted by atomic mass is 10.1. The number of para-hydroxylation sites is 1. The molecule has 32 heavy (non-hydrogen) atoms. The van der Waals surface area contributed by atoms with Crippen molar-refractivity contribution in [2.75, 3.05) is 60.5 Å². The summed E-state index contributed by atoms with van der Waals surface area (Å²) in [6.07, 6.45) is 0. The van der Waals surface area contributed by atoms with Crippen molar-refractivity contribution < 1.29 is 23.7 Å². The monoisotopic (exact) mass is 481 g/mol. The van der Waals surface area contributed by atoms with E-state index in [0.717, 1.165) is 10.2 Å². The van der Waals surface area contributed by atoms with Gasteiger partial charge in [-0.1, -0.05) is 17.4 Å². The summed E-state index contributed by atoms with van der Waals surface area (Å²) in [5.41, 5.74) is 1.15. The third-order valence-corrected chi connectivity index (χ3v) is 5.79. The maximum Gasteiger partial charge on any atom is 0.260 e. The number of fused-ring (bicyclic) bond motifs is 1. The fourth-order valence-corrected chi connectivity index (χ4v) is 4.14. The second-order valence-corrected chi connectivity index (χ2v) is 7.99. The molecule has 1 aromatic heterocycles. The summed E-state index contributed by atoms with van der Waals surface area (Å²) in [5.74, 6) is 1.74. The Balaban J connectivity index is 0.00000363. The molecule has 3 rings (SSSR count). The Bertz CT molecular complexity index is 1050. The van der Waals surface area contributed by atoms with E-state index >= 15 is 0 Å². The molecular formula is C22H28ClN3O5S. The Kier molecular flexibility index (Phi) is 8.94. The van der Waals surface area contributed by atoms with Crippen molar-refractivity contribution in [2.45, 2.75) is 0 Å². The molecule has 10 heteroatoms. The van der Waals surface area contributed by atoms with Crippen LogP contribution in [-0.2, 0) is 0 Å². The number of nitrogens with zero attached hydrogens (tertiary/aromatic N) is 3. The largest absolute Gasteiger partial charge is 0.494 e. The molecule has 0 aliphatic carbocycles. The van der Waals surface area contributed by atoms with Gasteiger partial charge in [0.2, 0.25) is 5.75 Å². The molecule has 0 atom stereocenters. The van der Waals surface area contributed by atoms with Gasteiger partial charge in [-0.3, -0.25) is 9.69 Å². The van der Waals surface area contributed by atoms with Gasteiger partial charge in [-0.05, 0) is 38.4 Å². The van der Waals surface area contributed by atoms with E-state index in [0.29, 0.717) is 46.8 Å². The van der Waals surface area contributed by atoms with Crippen molar-refractivity contribution >= 4 is 45.0 Å². The minimum atomic E-state index is -0.209. The number of anilines is 1. The standard InChI is InChI=1S/C22H27N3O5S.ClH/c1-24(2)10-11-25(22-23-19-15(27-3)8-7-9-18(19)31-22)21(26)14-12-16(28-4)20(30-6)17(13-14)29-5;/h7-9,12-13H,10-11H2,1-6H3;1H. The minimum absolute atomic E-state index is 0. The molecule has 8 nitrogen and oxygen atoms in total. The molecule has 2 aromatic carbocycles. The maximum absolute atomic E-state index is 13.6. The summed E-state index contributed by atoms with van der Waals surface area (Å²) < 4.78 is 22.6. The number of methoxy groups -OCH3 is 4. The summed E-state index contributed by atoms with van der Waals surface area (Å²) in [5, 5.41) is 0.597. The molecule has 0 radical (unpaired) electrons. The van der Waals surface area contributed by atoms with Crippen LogP contribution in [0.4, 0.5) is 5.13 Å². The fraction of sp³-hybridized carbons (Fsp3) is 0.364. The summed E-state index contributed by atoms with van der Waals surface area (Å²) in [6.45, 7) is 1.13. The number of likely N-dealkylation sites (N-methyl/N-ethyl adjacent to an activating group) is 1. The first-order valence-electron chi connectivity index (χ1n) is 9.63. The first-order chi connectivity index (χ1) is 14.9. The third kappa shape index (κ3) is 5.17. The highest BCUT2D eigenvalue weighted by Gasteiger charge is 2.25. The summed E-state index contributed by atoms with van der Waals surface area (Å²) in [6, 6.07) is 9.04. The number of halogens is 1. The normalized spacial score (nSPS) is 10.6. The Labute approximate surface area is 198 Å². The molecule has 3 aromatic rings. The molecule has 0 saturated heterocycles. The quantitative estimate of drug-likeness (QED) is 0.458. The molecule has 1 heterocycles. The molecule has 0 N–H and O–H groups in total. The highest BCUT2D eigenvalue weighted by molar-refractivity contribution is 7.22. The average molecular weight is 482 g/mol. The van der Waals surface area contributed by atoms with E-state index in [1.54, 1.807) is 24.1 Å². The molecular weight excluding hydrogens is 454 g/mol. The molecule has 0 spiro atoms. The van der Waals surface area contributed by atoms with Gasteiger partial charge in [0.15, 0.2) is 16.6 Å². The van der Waals surface area contributed by atoms with E-state index in [2.05, 4.69) is 0 Å². The molecule has 0 unspecified atom stereocenters. The number of carbonyl (C=O) groups is 1. The Hall–Kier alpha value is -2.75. The number of hydrogen-bond acceptors (Lipinski definition) is 8. The van der Waals surface area contributed by atoms with Crippen molar-refractivity contribution in [3.05, 3.63) is 35.9 Å². The Morgan fingerprint density at radius 2 is 1.56 bits per heavy atom. The summed E-state index contributed by atoms with van der Waals surface area (Å²) in [7, 11) is 10.1. The number of rotatable bonds is 9. The van der Waals surface area contributed by atoms with E-state index in [-0.39, 0.29) is 18.3 Å². The molecule has 0 fully saturated rings. The molecule has 0 aliphatic heterocycles. The van der Waals surface area contributed by atoms with E-state index < -0.39 is 0 Å². The number of hydrogen-bond donors (Lipinski definition) is 0. The SMILES string of the molecule is COc1cc(C(=O)N(CCN(C)C)c2nc3c(OC)cccc3s2)cc(OC)c1OC.Cl. The van der Waals surface area contributed by atoms with Crippen LogP contribution in [0.1, 0.15) is 10.4 Å². The molecule has 1 amide bonds. The van der Waals surface area contributed by atoms with Crippen molar-refractivity contribution in [2.24, 2.45) is 0 Å². The molecule has 0 aliphatic rings. The van der Waals surface area contributed by atoms with Gasteiger partial charge in [0.25, 0.3) is 5.91 Å². The van der Waals surface area contributed by atoms with Crippen LogP contribution in [0, 0.1) is 0 Å². The number of amides is 1. The lowest BCUT2D eigenvalue weighted by Gasteiger charge is -2.23. The summed E-state index contributed by atoms with van der Waals surface area (Å²) >= 11 is 1.45. The predicted molar refractivity (Wildman–Crippen MR) is 130 cm³/mol. The minimum Gasteiger partial charge on any atom is -0.494 e. The van der Waals surface area contributed by atoms with E-state index in [1.165, 1.54) is 32.7 Å². The van der Waals surface area contributed by atoms with Crippen LogP contribution in [0.15, 0.2) is 30.3 Å². The van der Waals surface area contributed by atoms with Gasteiger partial charge in [0.1, 0.15) is 11.3 Å². The van der Waals surface area contributed by atoms with Crippen molar-refractivity contribution in [3.63, 3.8) is 0 Å². The molecule has 0 bridgehead atoms. The van der Waals surface area contributed by atoms with E-state index in [4.69, 9.17) is 23.9 Å². The number of benzene rings is 2. The number of aromatic nitrogens is 1. The van der Waals surface area contributed by atoms with Gasteiger partial charge < -0.3 is 23.8 Å². The Morgan fingerprint density at radius 3 is 2.09 bits per heavy atom. The first kappa shape index (κ1) is 25.5. The van der Waals surface area contributed by atoms with Crippen LogP contribution < -0.4 is 23.8 Å².